The summed E-state index contributed by atoms with van der Waals surface area (Å²) in [6, 6.07) is 3.54. The van der Waals surface area contributed by atoms with Crippen LogP contribution in [0.25, 0.3) is 0 Å². The lowest BCUT2D eigenvalue weighted by atomic mass is 10.1. The van der Waals surface area contributed by atoms with Gasteiger partial charge in [-0.15, -0.1) is 0 Å². The summed E-state index contributed by atoms with van der Waals surface area (Å²) in [6.07, 6.45) is 4.13. The maximum Gasteiger partial charge on any atom is 0.292 e. The van der Waals surface area contributed by atoms with E-state index in [1.54, 1.807) is 0 Å². The molecule has 1 rings (SSSR count). The zero-order valence-electron chi connectivity index (χ0n) is 12.0. The fourth-order valence-corrected chi connectivity index (χ4v) is 2.40. The van der Waals surface area contributed by atoms with Crippen LogP contribution in [0.1, 0.15) is 39.5 Å². The normalized spacial score (nSPS) is 12.1. The minimum absolute atomic E-state index is 0.0312. The van der Waals surface area contributed by atoms with E-state index in [0.29, 0.717) is 0 Å². The first kappa shape index (κ1) is 17.4. The van der Waals surface area contributed by atoms with Gasteiger partial charge in [0.25, 0.3) is 11.4 Å². The van der Waals surface area contributed by atoms with E-state index in [2.05, 4.69) is 6.92 Å². The molecule has 1 atom stereocenters. The summed E-state index contributed by atoms with van der Waals surface area (Å²) < 4.78 is 5.51. The van der Waals surface area contributed by atoms with E-state index in [4.69, 9.17) is 4.18 Å². The van der Waals surface area contributed by atoms with Gasteiger partial charge in [-0.1, -0.05) is 26.2 Å². The molecule has 1 aromatic rings. The molecule has 8 heteroatoms. The largest absolute Gasteiger partial charge is 0.307 e. The topological polar surface area (TPSA) is 95.5 Å². The van der Waals surface area contributed by atoms with Crippen LogP contribution in [0.2, 0.25) is 0 Å². The van der Waals surface area contributed by atoms with Gasteiger partial charge >= 0.3 is 0 Å². The lowest BCUT2D eigenvalue weighted by Crippen LogP contribution is -2.03. The Morgan fingerprint density at radius 2 is 1.95 bits per heavy atom. The zero-order valence-corrected chi connectivity index (χ0v) is 12.8. The van der Waals surface area contributed by atoms with Crippen molar-refractivity contribution in [2.45, 2.75) is 50.5 Å². The van der Waals surface area contributed by atoms with Crippen molar-refractivity contribution in [2.75, 3.05) is 0 Å². The summed E-state index contributed by atoms with van der Waals surface area (Å²) in [7, 11) is 0. The highest BCUT2D eigenvalue weighted by Gasteiger charge is 2.20. The minimum atomic E-state index is -0.657. The van der Waals surface area contributed by atoms with Crippen LogP contribution < -0.4 is 0 Å². The van der Waals surface area contributed by atoms with Crippen LogP contribution in [0.4, 0.5) is 11.4 Å². The van der Waals surface area contributed by atoms with Gasteiger partial charge in [0.15, 0.2) is 0 Å². The maximum absolute atomic E-state index is 11.0. The van der Waals surface area contributed by atoms with Crippen molar-refractivity contribution in [1.29, 1.82) is 0 Å². The monoisotopic (exact) mass is 314 g/mol. The van der Waals surface area contributed by atoms with Crippen molar-refractivity contribution in [3.63, 3.8) is 0 Å². The van der Waals surface area contributed by atoms with Crippen LogP contribution in [0.15, 0.2) is 23.1 Å². The molecule has 0 saturated heterocycles. The summed E-state index contributed by atoms with van der Waals surface area (Å²) in [5.41, 5.74) is -0.614. The zero-order chi connectivity index (χ0) is 15.8. The lowest BCUT2D eigenvalue weighted by Gasteiger charge is -2.11. The fraction of sp³-hybridized carbons (Fsp3) is 0.538. The molecule has 0 bridgehead atoms. The third-order valence-electron chi connectivity index (χ3n) is 2.87. The third-order valence-corrected chi connectivity index (χ3v) is 3.82. The molecule has 0 aliphatic rings. The van der Waals surface area contributed by atoms with Gasteiger partial charge in [-0.25, -0.2) is 0 Å². The predicted octanol–water partition coefficient (Wildman–Crippen LogP) is 4.50. The van der Waals surface area contributed by atoms with Gasteiger partial charge in [0.1, 0.15) is 4.90 Å². The molecule has 0 radical (unpaired) electrons. The van der Waals surface area contributed by atoms with E-state index >= 15 is 0 Å². The number of unbranched alkanes of at least 4 members (excludes halogenated alkanes) is 2. The van der Waals surface area contributed by atoms with Crippen LogP contribution in [0.3, 0.4) is 0 Å². The number of benzene rings is 1. The van der Waals surface area contributed by atoms with Crippen molar-refractivity contribution in [1.82, 2.24) is 0 Å². The Bertz CT molecular complexity index is 509. The molecule has 0 spiro atoms. The van der Waals surface area contributed by atoms with Crippen molar-refractivity contribution in [3.05, 3.63) is 38.4 Å². The molecule has 0 heterocycles. The number of rotatable bonds is 9. The van der Waals surface area contributed by atoms with Gasteiger partial charge in [0.2, 0.25) is 0 Å². The van der Waals surface area contributed by atoms with Crippen LogP contribution in [0.5, 0.6) is 0 Å². The molecule has 0 aliphatic heterocycles. The second-order valence-corrected chi connectivity index (χ2v) is 5.45. The highest BCUT2D eigenvalue weighted by atomic mass is 32.2. The second kappa shape index (κ2) is 8.58. The molecule has 0 amide bonds. The molecule has 7 nitrogen and oxygen atoms in total. The molecule has 0 unspecified atom stereocenters. The van der Waals surface area contributed by atoms with E-state index in [1.807, 2.05) is 6.92 Å². The van der Waals surface area contributed by atoms with E-state index in [0.717, 1.165) is 43.8 Å². The quantitative estimate of drug-likeness (QED) is 0.288. The summed E-state index contributed by atoms with van der Waals surface area (Å²) >= 11 is 0.898. The van der Waals surface area contributed by atoms with E-state index < -0.39 is 9.85 Å². The SMILES string of the molecule is CCCCC[C@@H](C)OSc1ccc([N+](=O)[O-])cc1[N+](=O)[O-]. The summed E-state index contributed by atoms with van der Waals surface area (Å²) in [4.78, 5) is 20.6. The molecule has 21 heavy (non-hydrogen) atoms. The molecular formula is C13H18N2O5S. The molecule has 1 aromatic carbocycles. The third kappa shape index (κ3) is 5.68. The first-order chi connectivity index (χ1) is 9.95. The molecule has 0 aliphatic carbocycles. The van der Waals surface area contributed by atoms with E-state index in [-0.39, 0.29) is 22.4 Å². The number of nitrogens with zero attached hydrogens (tertiary/aromatic N) is 2. The number of hydrogen-bond acceptors (Lipinski definition) is 6. The molecule has 0 saturated carbocycles. The Balaban J connectivity index is 2.70. The molecule has 116 valence electrons. The minimum Gasteiger partial charge on any atom is -0.307 e. The highest BCUT2D eigenvalue weighted by Crippen LogP contribution is 2.34. The van der Waals surface area contributed by atoms with Crippen molar-refractivity contribution in [2.24, 2.45) is 0 Å². The Kier molecular flexibility index (Phi) is 7.10. The number of non-ortho nitro benzene ring substituents is 1. The Morgan fingerprint density at radius 3 is 2.52 bits per heavy atom. The smallest absolute Gasteiger partial charge is 0.292 e. The lowest BCUT2D eigenvalue weighted by molar-refractivity contribution is -0.396. The van der Waals surface area contributed by atoms with Gasteiger partial charge in [0, 0.05) is 18.1 Å². The Hall–Kier alpha value is -1.67. The van der Waals surface area contributed by atoms with Crippen LogP contribution >= 0.6 is 12.0 Å². The highest BCUT2D eigenvalue weighted by molar-refractivity contribution is 7.94. The first-order valence-corrected chi connectivity index (χ1v) is 7.46. The van der Waals surface area contributed by atoms with Gasteiger partial charge in [-0.2, -0.15) is 0 Å². The predicted molar refractivity (Wildman–Crippen MR) is 80.3 cm³/mol. The van der Waals surface area contributed by atoms with Crippen LogP contribution in [0, 0.1) is 20.2 Å². The number of nitro groups is 2. The van der Waals surface area contributed by atoms with Gasteiger partial charge < -0.3 is 4.18 Å². The molecule has 0 aromatic heterocycles. The first-order valence-electron chi connectivity index (χ1n) is 6.71. The van der Waals surface area contributed by atoms with Crippen LogP contribution in [-0.4, -0.2) is 16.0 Å². The van der Waals surface area contributed by atoms with Crippen molar-refractivity contribution < 1.29 is 14.0 Å². The van der Waals surface area contributed by atoms with E-state index in [1.165, 1.54) is 12.1 Å². The van der Waals surface area contributed by atoms with Gasteiger partial charge in [-0.05, 0) is 19.4 Å². The van der Waals surface area contributed by atoms with Crippen molar-refractivity contribution in [3.8, 4) is 0 Å². The maximum atomic E-state index is 11.0. The summed E-state index contributed by atoms with van der Waals surface area (Å²) in [5.74, 6) is 0. The second-order valence-electron chi connectivity index (χ2n) is 4.65. The van der Waals surface area contributed by atoms with E-state index in [9.17, 15) is 20.2 Å². The average molecular weight is 314 g/mol. The standard InChI is InChI=1S/C13H18N2O5S/c1-3-4-5-6-10(2)20-21-13-8-7-11(14(16)17)9-12(13)15(18)19/h7-10H,3-6H2,1-2H3/t10-/m1/s1. The van der Waals surface area contributed by atoms with Crippen molar-refractivity contribution >= 4 is 23.4 Å². The molecule has 0 N–H and O–H groups in total. The van der Waals surface area contributed by atoms with Crippen LogP contribution in [-0.2, 0) is 4.18 Å². The van der Waals surface area contributed by atoms with Gasteiger partial charge in [-0.3, -0.25) is 20.2 Å². The summed E-state index contributed by atoms with van der Waals surface area (Å²) in [6.45, 7) is 4.01. The molecule has 0 fully saturated rings. The number of hydrogen-bond donors (Lipinski definition) is 0. The fourth-order valence-electron chi connectivity index (χ4n) is 1.70. The summed E-state index contributed by atoms with van der Waals surface area (Å²) in [5, 5.41) is 21.6. The Labute approximate surface area is 127 Å². The molecular weight excluding hydrogens is 296 g/mol. The number of nitro benzene ring substituents is 2. The van der Waals surface area contributed by atoms with Gasteiger partial charge in [0.05, 0.1) is 22.0 Å². The Morgan fingerprint density at radius 1 is 1.24 bits per heavy atom. The average Bonchev–Trinajstić information content (AvgIpc) is 2.45.